The standard InChI is InChI=1S/C20H23N9O5S3/c1-2-28-11(21)3-13(27-19(28)22)35-6-9-7-36-17-14(16(31)29(17)15(9)18(32)33)26-12(30)4-24-34-5-10-8-37-20(23)25-10/h3-4,8,14,17H,2,5-7H2,1H3,(H7,21,22,23,25,26,27,30,32,33)/p+1/b24-4-. The predicted molar refractivity (Wildman–Crippen MR) is 139 cm³/mol. The maximum Gasteiger partial charge on any atom is 0.352 e. The summed E-state index contributed by atoms with van der Waals surface area (Å²) >= 11 is 3.89. The third kappa shape index (κ3) is 5.72. The number of carboxylic acid groups (broad SMARTS) is 1. The zero-order valence-corrected chi connectivity index (χ0v) is 21.9. The number of thiazole rings is 1. The van der Waals surface area contributed by atoms with Gasteiger partial charge in [-0.1, -0.05) is 16.9 Å². The first-order valence-electron chi connectivity index (χ1n) is 10.8. The summed E-state index contributed by atoms with van der Waals surface area (Å²) in [6.07, 6.45) is 0.904. The number of nitrogens with one attached hydrogen (secondary N) is 1. The van der Waals surface area contributed by atoms with Crippen molar-refractivity contribution in [1.29, 1.82) is 0 Å². The third-order valence-electron chi connectivity index (χ3n) is 5.37. The molecule has 2 aromatic rings. The highest BCUT2D eigenvalue weighted by Crippen LogP contribution is 2.41. The number of nitrogens with two attached hydrogens (primary N) is 3. The first-order chi connectivity index (χ1) is 17.7. The summed E-state index contributed by atoms with van der Waals surface area (Å²) in [7, 11) is 0. The Kier molecular flexibility index (Phi) is 8.03. The van der Waals surface area contributed by atoms with Crippen LogP contribution in [0.4, 0.5) is 16.9 Å². The van der Waals surface area contributed by atoms with Crippen LogP contribution in [-0.4, -0.2) is 66.9 Å². The van der Waals surface area contributed by atoms with Gasteiger partial charge < -0.3 is 32.5 Å². The van der Waals surface area contributed by atoms with Crippen LogP contribution in [0.15, 0.2) is 32.9 Å². The second-order valence-corrected chi connectivity index (χ2v) is 10.7. The zero-order valence-electron chi connectivity index (χ0n) is 19.5. The Morgan fingerprint density at radius 3 is 2.84 bits per heavy atom. The fourth-order valence-electron chi connectivity index (χ4n) is 3.68. The molecule has 0 aliphatic carbocycles. The highest BCUT2D eigenvalue weighted by atomic mass is 32.2. The molecule has 0 aromatic carbocycles. The number of carbonyl (C=O) groups is 3. The molecule has 2 amide bonds. The molecular weight excluding hydrogens is 542 g/mol. The number of hydrogen-bond acceptors (Lipinski definition) is 13. The lowest BCUT2D eigenvalue weighted by molar-refractivity contribution is -0.667. The molecule has 8 N–H and O–H groups in total. The van der Waals surface area contributed by atoms with E-state index in [-0.39, 0.29) is 24.0 Å². The van der Waals surface area contributed by atoms with Gasteiger partial charge in [0, 0.05) is 23.0 Å². The Hall–Kier alpha value is -3.57. The number of β-lactam (4-membered cyclic amide) rings is 1. The van der Waals surface area contributed by atoms with Crippen molar-refractivity contribution in [3.63, 3.8) is 0 Å². The van der Waals surface area contributed by atoms with Gasteiger partial charge >= 0.3 is 11.9 Å². The molecular formula is C20H24N9O5S3+. The van der Waals surface area contributed by atoms with Crippen molar-refractivity contribution in [2.75, 3.05) is 28.7 Å². The van der Waals surface area contributed by atoms with Crippen LogP contribution < -0.4 is 27.1 Å². The SMILES string of the molecule is CC[n+]1c(N)cc(SCC2=C(C(=O)O)N3C(=O)C(NC(=O)/C=N\OCc4csc(N)n4)C3SC2)nc1N. The minimum absolute atomic E-state index is 0.0376. The molecule has 1 saturated heterocycles. The molecule has 0 spiro atoms. The Balaban J connectivity index is 1.36. The van der Waals surface area contributed by atoms with Gasteiger partial charge in [0.25, 0.3) is 11.8 Å². The lowest BCUT2D eigenvalue weighted by Gasteiger charge is -2.49. The number of nitrogens with zero attached hydrogens (tertiary/aromatic N) is 5. The molecule has 2 atom stereocenters. The number of amides is 2. The zero-order chi connectivity index (χ0) is 26.7. The van der Waals surface area contributed by atoms with E-state index in [1.54, 1.807) is 16.0 Å². The van der Waals surface area contributed by atoms with Gasteiger partial charge in [0.05, 0.1) is 12.2 Å². The number of thioether (sulfide) groups is 2. The van der Waals surface area contributed by atoms with Gasteiger partial charge in [-0.2, -0.15) is 0 Å². The Labute approximate surface area is 223 Å². The first-order valence-corrected chi connectivity index (χ1v) is 13.7. The topological polar surface area (TPSA) is 216 Å². The van der Waals surface area contributed by atoms with E-state index in [2.05, 4.69) is 20.4 Å². The summed E-state index contributed by atoms with van der Waals surface area (Å²) in [6, 6.07) is 0.785. The summed E-state index contributed by atoms with van der Waals surface area (Å²) in [6.45, 7) is 2.50. The molecule has 14 nitrogen and oxygen atoms in total. The lowest BCUT2D eigenvalue weighted by atomic mass is 10.0. The molecule has 2 aromatic heterocycles. The van der Waals surface area contributed by atoms with E-state index < -0.39 is 29.2 Å². The molecule has 4 rings (SSSR count). The number of fused-ring (bicyclic) bond motifs is 1. The van der Waals surface area contributed by atoms with Crippen LogP contribution in [0.25, 0.3) is 0 Å². The van der Waals surface area contributed by atoms with Crippen LogP contribution >= 0.6 is 34.9 Å². The molecule has 2 unspecified atom stereocenters. The van der Waals surface area contributed by atoms with Gasteiger partial charge in [-0.25, -0.2) is 14.3 Å². The van der Waals surface area contributed by atoms with Crippen molar-refractivity contribution in [2.24, 2.45) is 5.16 Å². The molecule has 0 radical (unpaired) electrons. The summed E-state index contributed by atoms with van der Waals surface area (Å²) in [5.74, 6) is -1.05. The summed E-state index contributed by atoms with van der Waals surface area (Å²) in [5, 5.41) is 18.1. The molecule has 1 fully saturated rings. The van der Waals surface area contributed by atoms with Crippen LogP contribution in [0.3, 0.4) is 0 Å². The van der Waals surface area contributed by atoms with E-state index in [0.29, 0.717) is 39.5 Å². The van der Waals surface area contributed by atoms with Crippen molar-refractivity contribution in [2.45, 2.75) is 36.5 Å². The maximum atomic E-state index is 12.8. The smallest absolute Gasteiger partial charge is 0.352 e. The number of hydrogen-bond donors (Lipinski definition) is 5. The number of carboxylic acids is 1. The summed E-state index contributed by atoms with van der Waals surface area (Å²) < 4.78 is 1.65. The Morgan fingerprint density at radius 2 is 2.19 bits per heavy atom. The summed E-state index contributed by atoms with van der Waals surface area (Å²) in [5.41, 5.74) is 18.5. The number of aromatic nitrogens is 3. The van der Waals surface area contributed by atoms with E-state index in [1.165, 1.54) is 39.8 Å². The van der Waals surface area contributed by atoms with Crippen LogP contribution in [0.5, 0.6) is 0 Å². The van der Waals surface area contributed by atoms with Crippen LogP contribution in [0, 0.1) is 0 Å². The van der Waals surface area contributed by atoms with Gasteiger partial charge in [-0.3, -0.25) is 14.5 Å². The highest BCUT2D eigenvalue weighted by molar-refractivity contribution is 8.01. The molecule has 17 heteroatoms. The molecule has 196 valence electrons. The predicted octanol–water partition coefficient (Wildman–Crippen LogP) is -0.375. The second-order valence-electron chi connectivity index (χ2n) is 7.75. The molecule has 0 saturated carbocycles. The second kappa shape index (κ2) is 11.2. The number of rotatable bonds is 10. The quantitative estimate of drug-likeness (QED) is 0.0621. The molecule has 4 heterocycles. The third-order valence-corrected chi connectivity index (χ3v) is 8.43. The number of oxime groups is 1. The lowest BCUT2D eigenvalue weighted by Crippen LogP contribution is -2.70. The average Bonchev–Trinajstić information content (AvgIpc) is 3.27. The van der Waals surface area contributed by atoms with Gasteiger partial charge in [0.15, 0.2) is 22.6 Å². The van der Waals surface area contributed by atoms with Crippen molar-refractivity contribution >= 4 is 75.8 Å². The number of carbonyl (C=O) groups excluding carboxylic acids is 2. The fraction of sp³-hybridized carbons (Fsp3) is 0.350. The van der Waals surface area contributed by atoms with Crippen LogP contribution in [0.1, 0.15) is 12.6 Å². The van der Waals surface area contributed by atoms with E-state index in [9.17, 15) is 19.5 Å². The number of anilines is 3. The minimum atomic E-state index is -1.22. The van der Waals surface area contributed by atoms with E-state index in [0.717, 1.165) is 6.21 Å². The highest BCUT2D eigenvalue weighted by Gasteiger charge is 2.54. The average molecular weight is 567 g/mol. The van der Waals surface area contributed by atoms with E-state index in [4.69, 9.17) is 22.0 Å². The van der Waals surface area contributed by atoms with Gasteiger partial charge in [-0.15, -0.1) is 28.1 Å². The van der Waals surface area contributed by atoms with Gasteiger partial charge in [0.2, 0.25) is 0 Å². The van der Waals surface area contributed by atoms with E-state index in [1.807, 2.05) is 6.92 Å². The van der Waals surface area contributed by atoms with Gasteiger partial charge in [0.1, 0.15) is 23.3 Å². The van der Waals surface area contributed by atoms with Crippen molar-refractivity contribution in [3.8, 4) is 0 Å². The Morgan fingerprint density at radius 1 is 1.41 bits per heavy atom. The van der Waals surface area contributed by atoms with Crippen molar-refractivity contribution in [1.82, 2.24) is 20.2 Å². The largest absolute Gasteiger partial charge is 0.477 e. The summed E-state index contributed by atoms with van der Waals surface area (Å²) in [4.78, 5) is 51.6. The monoisotopic (exact) mass is 566 g/mol. The Bertz CT molecular complexity index is 1270. The molecule has 0 bridgehead atoms. The van der Waals surface area contributed by atoms with E-state index >= 15 is 0 Å². The first kappa shape index (κ1) is 26.5. The van der Waals surface area contributed by atoms with Crippen molar-refractivity contribution < 1.29 is 28.9 Å². The van der Waals surface area contributed by atoms with Crippen LogP contribution in [-0.2, 0) is 32.4 Å². The number of aliphatic carboxylic acids is 1. The maximum absolute atomic E-state index is 12.8. The van der Waals surface area contributed by atoms with Crippen LogP contribution in [0.2, 0.25) is 0 Å². The normalized spacial score (nSPS) is 19.1. The van der Waals surface area contributed by atoms with Gasteiger partial charge in [-0.05, 0) is 12.5 Å². The molecule has 2 aliphatic rings. The molecule has 37 heavy (non-hydrogen) atoms. The van der Waals surface area contributed by atoms with Crippen molar-refractivity contribution in [3.05, 3.63) is 28.4 Å². The number of nitrogen functional groups attached to an aromatic ring is 3. The minimum Gasteiger partial charge on any atom is -0.477 e. The fourth-order valence-corrected chi connectivity index (χ4v) is 6.63. The molecule has 2 aliphatic heterocycles.